The Labute approximate surface area is 97.0 Å². The molecule has 2 rings (SSSR count). The Morgan fingerprint density at radius 3 is 2.62 bits per heavy atom. The minimum Gasteiger partial charge on any atom is -0.494 e. The van der Waals surface area contributed by atoms with E-state index in [2.05, 4.69) is 17.4 Å². The third-order valence-electron chi connectivity index (χ3n) is 3.09. The molecule has 1 saturated carbocycles. The van der Waals surface area contributed by atoms with Gasteiger partial charge < -0.3 is 15.8 Å². The van der Waals surface area contributed by atoms with Gasteiger partial charge in [0.25, 0.3) is 0 Å². The molecule has 1 aromatic rings. The SMILES string of the molecule is CCOc1ccc(N[C@@H]2CCC[C@H]2N)cc1. The molecule has 0 saturated heterocycles. The highest BCUT2D eigenvalue weighted by Gasteiger charge is 2.23. The van der Waals surface area contributed by atoms with Gasteiger partial charge in [-0.05, 0) is 50.5 Å². The van der Waals surface area contributed by atoms with Gasteiger partial charge >= 0.3 is 0 Å². The highest BCUT2D eigenvalue weighted by Crippen LogP contribution is 2.23. The van der Waals surface area contributed by atoms with Crippen molar-refractivity contribution >= 4 is 5.69 Å². The van der Waals surface area contributed by atoms with Crippen molar-refractivity contribution in [2.45, 2.75) is 38.3 Å². The molecule has 16 heavy (non-hydrogen) atoms. The maximum absolute atomic E-state index is 6.02. The van der Waals surface area contributed by atoms with Crippen LogP contribution in [0.25, 0.3) is 0 Å². The first-order valence-electron chi connectivity index (χ1n) is 6.04. The quantitative estimate of drug-likeness (QED) is 0.819. The van der Waals surface area contributed by atoms with E-state index >= 15 is 0 Å². The summed E-state index contributed by atoms with van der Waals surface area (Å²) in [5.74, 6) is 0.920. The van der Waals surface area contributed by atoms with Crippen LogP contribution >= 0.6 is 0 Å². The minimum absolute atomic E-state index is 0.298. The van der Waals surface area contributed by atoms with Crippen LogP contribution in [0.4, 0.5) is 5.69 Å². The first kappa shape index (κ1) is 11.3. The van der Waals surface area contributed by atoms with Crippen molar-refractivity contribution in [3.63, 3.8) is 0 Å². The Balaban J connectivity index is 1.94. The van der Waals surface area contributed by atoms with Crippen LogP contribution in [0.3, 0.4) is 0 Å². The third-order valence-corrected chi connectivity index (χ3v) is 3.09. The Morgan fingerprint density at radius 2 is 2.06 bits per heavy atom. The predicted molar refractivity (Wildman–Crippen MR) is 66.8 cm³/mol. The van der Waals surface area contributed by atoms with Crippen LogP contribution in [0.15, 0.2) is 24.3 Å². The van der Waals surface area contributed by atoms with Crippen molar-refractivity contribution in [1.82, 2.24) is 0 Å². The summed E-state index contributed by atoms with van der Waals surface area (Å²) < 4.78 is 5.40. The van der Waals surface area contributed by atoms with E-state index in [0.717, 1.165) is 17.9 Å². The fourth-order valence-corrected chi connectivity index (χ4v) is 2.20. The Kier molecular flexibility index (Phi) is 3.67. The van der Waals surface area contributed by atoms with E-state index in [4.69, 9.17) is 10.5 Å². The van der Waals surface area contributed by atoms with Crippen LogP contribution in [0, 0.1) is 0 Å². The van der Waals surface area contributed by atoms with E-state index in [1.807, 2.05) is 19.1 Å². The fraction of sp³-hybridized carbons (Fsp3) is 0.538. The first-order valence-corrected chi connectivity index (χ1v) is 6.04. The molecule has 1 aromatic carbocycles. The van der Waals surface area contributed by atoms with Crippen LogP contribution in [-0.4, -0.2) is 18.7 Å². The largest absolute Gasteiger partial charge is 0.494 e. The van der Waals surface area contributed by atoms with Gasteiger partial charge in [0.15, 0.2) is 0 Å². The maximum Gasteiger partial charge on any atom is 0.119 e. The lowest BCUT2D eigenvalue weighted by Gasteiger charge is -2.18. The van der Waals surface area contributed by atoms with Gasteiger partial charge in [0.05, 0.1) is 6.61 Å². The molecular weight excluding hydrogens is 200 g/mol. The Bertz CT molecular complexity index is 323. The summed E-state index contributed by atoms with van der Waals surface area (Å²) in [6.45, 7) is 2.70. The molecule has 88 valence electrons. The summed E-state index contributed by atoms with van der Waals surface area (Å²) in [5, 5.41) is 3.48. The summed E-state index contributed by atoms with van der Waals surface area (Å²) in [6.07, 6.45) is 3.54. The summed E-state index contributed by atoms with van der Waals surface area (Å²) in [5.41, 5.74) is 7.15. The smallest absolute Gasteiger partial charge is 0.119 e. The number of hydrogen-bond acceptors (Lipinski definition) is 3. The zero-order valence-corrected chi connectivity index (χ0v) is 9.78. The van der Waals surface area contributed by atoms with Crippen molar-refractivity contribution < 1.29 is 4.74 Å². The number of anilines is 1. The molecule has 3 nitrogen and oxygen atoms in total. The topological polar surface area (TPSA) is 47.3 Å². The number of nitrogens with two attached hydrogens (primary N) is 1. The molecule has 0 spiro atoms. The Morgan fingerprint density at radius 1 is 1.31 bits per heavy atom. The second kappa shape index (κ2) is 5.21. The summed E-state index contributed by atoms with van der Waals surface area (Å²) in [6, 6.07) is 8.81. The lowest BCUT2D eigenvalue weighted by Crippen LogP contribution is -2.35. The molecule has 3 heteroatoms. The van der Waals surface area contributed by atoms with Crippen molar-refractivity contribution in [2.75, 3.05) is 11.9 Å². The monoisotopic (exact) mass is 220 g/mol. The zero-order valence-electron chi connectivity index (χ0n) is 9.78. The highest BCUT2D eigenvalue weighted by atomic mass is 16.5. The van der Waals surface area contributed by atoms with Gasteiger partial charge in [-0.1, -0.05) is 0 Å². The number of hydrogen-bond donors (Lipinski definition) is 2. The molecule has 1 fully saturated rings. The molecule has 2 atom stereocenters. The Hall–Kier alpha value is -1.22. The third kappa shape index (κ3) is 2.67. The van der Waals surface area contributed by atoms with Gasteiger partial charge in [0.2, 0.25) is 0 Å². The molecule has 0 unspecified atom stereocenters. The van der Waals surface area contributed by atoms with Gasteiger partial charge in [0.1, 0.15) is 5.75 Å². The van der Waals surface area contributed by atoms with Gasteiger partial charge in [-0.25, -0.2) is 0 Å². The second-order valence-corrected chi connectivity index (χ2v) is 4.30. The van der Waals surface area contributed by atoms with E-state index in [1.165, 1.54) is 12.8 Å². The molecule has 0 radical (unpaired) electrons. The number of ether oxygens (including phenoxy) is 1. The van der Waals surface area contributed by atoms with Gasteiger partial charge in [-0.3, -0.25) is 0 Å². The molecule has 0 amide bonds. The normalized spacial score (nSPS) is 24.4. The summed E-state index contributed by atoms with van der Waals surface area (Å²) >= 11 is 0. The van der Waals surface area contributed by atoms with E-state index in [-0.39, 0.29) is 0 Å². The van der Waals surface area contributed by atoms with Crippen molar-refractivity contribution in [2.24, 2.45) is 5.73 Å². The van der Waals surface area contributed by atoms with Gasteiger partial charge in [-0.2, -0.15) is 0 Å². The zero-order chi connectivity index (χ0) is 11.4. The first-order chi connectivity index (χ1) is 7.79. The molecule has 1 aliphatic rings. The van der Waals surface area contributed by atoms with Crippen molar-refractivity contribution in [3.8, 4) is 5.75 Å². The average Bonchev–Trinajstić information content (AvgIpc) is 2.68. The van der Waals surface area contributed by atoms with Crippen molar-refractivity contribution in [3.05, 3.63) is 24.3 Å². The summed E-state index contributed by atoms with van der Waals surface area (Å²) in [4.78, 5) is 0. The number of rotatable bonds is 4. The molecular formula is C13H20N2O. The van der Waals surface area contributed by atoms with Crippen LogP contribution in [-0.2, 0) is 0 Å². The van der Waals surface area contributed by atoms with E-state index in [1.54, 1.807) is 0 Å². The lowest BCUT2D eigenvalue weighted by atomic mass is 10.1. The van der Waals surface area contributed by atoms with Crippen LogP contribution in [0.1, 0.15) is 26.2 Å². The lowest BCUT2D eigenvalue weighted by molar-refractivity contribution is 0.340. The highest BCUT2D eigenvalue weighted by molar-refractivity contribution is 5.47. The summed E-state index contributed by atoms with van der Waals surface area (Å²) in [7, 11) is 0. The van der Waals surface area contributed by atoms with E-state index in [0.29, 0.717) is 18.7 Å². The fourth-order valence-electron chi connectivity index (χ4n) is 2.20. The predicted octanol–water partition coefficient (Wildman–Crippen LogP) is 2.38. The number of nitrogens with one attached hydrogen (secondary N) is 1. The van der Waals surface area contributed by atoms with Crippen molar-refractivity contribution in [1.29, 1.82) is 0 Å². The molecule has 0 aliphatic heterocycles. The second-order valence-electron chi connectivity index (χ2n) is 4.30. The number of benzene rings is 1. The average molecular weight is 220 g/mol. The van der Waals surface area contributed by atoms with Gasteiger partial charge in [0, 0.05) is 17.8 Å². The molecule has 3 N–H and O–H groups in total. The maximum atomic E-state index is 6.02. The van der Waals surface area contributed by atoms with Crippen LogP contribution in [0.5, 0.6) is 5.75 Å². The molecule has 0 heterocycles. The van der Waals surface area contributed by atoms with Crippen LogP contribution in [0.2, 0.25) is 0 Å². The van der Waals surface area contributed by atoms with E-state index in [9.17, 15) is 0 Å². The van der Waals surface area contributed by atoms with Crippen LogP contribution < -0.4 is 15.8 Å². The molecule has 0 aromatic heterocycles. The van der Waals surface area contributed by atoms with Gasteiger partial charge in [-0.15, -0.1) is 0 Å². The molecule has 0 bridgehead atoms. The standard InChI is InChI=1S/C13H20N2O/c1-2-16-11-8-6-10(7-9-11)15-13-5-3-4-12(13)14/h6-9,12-13,15H,2-5,14H2,1H3/t12-,13-/m1/s1. The van der Waals surface area contributed by atoms with E-state index < -0.39 is 0 Å². The molecule has 1 aliphatic carbocycles. The minimum atomic E-state index is 0.298.